The summed E-state index contributed by atoms with van der Waals surface area (Å²) in [5, 5.41) is 14.6. The third-order valence-corrected chi connectivity index (χ3v) is 6.90. The van der Waals surface area contributed by atoms with E-state index in [-0.39, 0.29) is 29.8 Å². The molecule has 0 aliphatic carbocycles. The SMILES string of the molecule is CCOC(=O)c1cc(-c2ccc(N3CCC(C#N)CC3)nc2)c2c(C(C)C)nn(-c3ccc(F)c(F)c3)c2n1. The molecule has 0 atom stereocenters. The quantitative estimate of drug-likeness (QED) is 0.291. The molecular weight excluding hydrogens is 502 g/mol. The van der Waals surface area contributed by atoms with Gasteiger partial charge in [0, 0.05) is 36.8 Å². The van der Waals surface area contributed by atoms with Crippen molar-refractivity contribution in [1.29, 1.82) is 5.26 Å². The van der Waals surface area contributed by atoms with E-state index >= 15 is 0 Å². The number of carbonyl (C=O) groups is 1. The second-order valence-corrected chi connectivity index (χ2v) is 9.82. The number of hydrogen-bond donors (Lipinski definition) is 0. The highest BCUT2D eigenvalue weighted by Crippen LogP contribution is 2.36. The summed E-state index contributed by atoms with van der Waals surface area (Å²) in [6, 6.07) is 11.4. The van der Waals surface area contributed by atoms with Gasteiger partial charge >= 0.3 is 5.97 Å². The maximum absolute atomic E-state index is 14.2. The van der Waals surface area contributed by atoms with E-state index in [9.17, 15) is 18.8 Å². The average Bonchev–Trinajstić information content (AvgIpc) is 3.34. The van der Waals surface area contributed by atoms with Gasteiger partial charge in [0.15, 0.2) is 23.0 Å². The summed E-state index contributed by atoms with van der Waals surface area (Å²) in [6.07, 6.45) is 3.35. The smallest absolute Gasteiger partial charge is 0.357 e. The van der Waals surface area contributed by atoms with Crippen LogP contribution in [0.3, 0.4) is 0 Å². The lowest BCUT2D eigenvalue weighted by Gasteiger charge is -2.30. The Kier molecular flexibility index (Phi) is 7.24. The van der Waals surface area contributed by atoms with Gasteiger partial charge in [-0.2, -0.15) is 10.4 Å². The van der Waals surface area contributed by atoms with E-state index < -0.39 is 17.6 Å². The number of benzene rings is 1. The van der Waals surface area contributed by atoms with Gasteiger partial charge in [-0.05, 0) is 61.6 Å². The van der Waals surface area contributed by atoms with Crippen LogP contribution in [0.25, 0.3) is 27.8 Å². The van der Waals surface area contributed by atoms with E-state index in [0.29, 0.717) is 22.3 Å². The molecule has 0 spiro atoms. The van der Waals surface area contributed by atoms with Crippen molar-refractivity contribution in [2.45, 2.75) is 39.5 Å². The molecule has 0 bridgehead atoms. The van der Waals surface area contributed by atoms with Crippen molar-refractivity contribution in [3.8, 4) is 22.9 Å². The predicted octanol–water partition coefficient (Wildman–Crippen LogP) is 5.80. The number of esters is 1. The second-order valence-electron chi connectivity index (χ2n) is 9.82. The number of aromatic nitrogens is 4. The molecule has 1 fully saturated rings. The number of halogens is 2. The van der Waals surface area contributed by atoms with Gasteiger partial charge in [0.25, 0.3) is 0 Å². The molecule has 0 unspecified atom stereocenters. The molecule has 5 rings (SSSR count). The lowest BCUT2D eigenvalue weighted by atomic mass is 9.97. The van der Waals surface area contributed by atoms with Crippen molar-refractivity contribution in [1.82, 2.24) is 19.7 Å². The molecule has 1 aromatic carbocycles. The Balaban J connectivity index is 1.66. The van der Waals surface area contributed by atoms with Crippen LogP contribution in [0.5, 0.6) is 0 Å². The summed E-state index contributed by atoms with van der Waals surface area (Å²) in [5.74, 6) is -1.73. The van der Waals surface area contributed by atoms with Gasteiger partial charge in [0.05, 0.1) is 29.4 Å². The average molecular weight is 531 g/mol. The molecule has 1 aliphatic rings. The Labute approximate surface area is 224 Å². The minimum atomic E-state index is -1.01. The predicted molar refractivity (Wildman–Crippen MR) is 143 cm³/mol. The van der Waals surface area contributed by atoms with E-state index in [1.807, 2.05) is 26.0 Å². The van der Waals surface area contributed by atoms with E-state index in [1.165, 1.54) is 10.7 Å². The van der Waals surface area contributed by atoms with Gasteiger partial charge in [0.1, 0.15) is 5.82 Å². The number of hydrogen-bond acceptors (Lipinski definition) is 7. The fourth-order valence-electron chi connectivity index (χ4n) is 4.85. The fraction of sp³-hybridized carbons (Fsp3) is 0.345. The standard InChI is InChI=1S/C29H28F2N6O2/c1-4-39-29(38)24-14-21(19-5-8-25(33-16-19)36-11-9-18(15-32)10-12-36)26-27(17(2)3)35-37(28(26)34-24)20-6-7-22(30)23(31)13-20/h5-8,13-14,16-18H,4,9-12H2,1-3H3. The van der Waals surface area contributed by atoms with Crippen LogP contribution in [-0.4, -0.2) is 45.4 Å². The van der Waals surface area contributed by atoms with Crippen LogP contribution in [0.4, 0.5) is 14.6 Å². The molecule has 0 N–H and O–H groups in total. The molecule has 8 nitrogen and oxygen atoms in total. The number of rotatable bonds is 6. The zero-order valence-corrected chi connectivity index (χ0v) is 22.0. The van der Waals surface area contributed by atoms with Crippen LogP contribution >= 0.6 is 0 Å². The molecule has 4 aromatic rings. The number of piperidine rings is 1. The van der Waals surface area contributed by atoms with Crippen LogP contribution in [0.15, 0.2) is 42.6 Å². The highest BCUT2D eigenvalue weighted by atomic mass is 19.2. The first-order valence-corrected chi connectivity index (χ1v) is 13.0. The van der Waals surface area contributed by atoms with Gasteiger partial charge in [0.2, 0.25) is 0 Å². The van der Waals surface area contributed by atoms with Gasteiger partial charge < -0.3 is 9.64 Å². The number of fused-ring (bicyclic) bond motifs is 1. The largest absolute Gasteiger partial charge is 0.461 e. The number of anilines is 1. The number of pyridine rings is 2. The van der Waals surface area contributed by atoms with Gasteiger partial charge in [-0.3, -0.25) is 0 Å². The minimum absolute atomic E-state index is 0.0401. The van der Waals surface area contributed by atoms with Crippen LogP contribution in [-0.2, 0) is 4.74 Å². The Bertz CT molecular complexity index is 1570. The third-order valence-electron chi connectivity index (χ3n) is 6.90. The molecular formula is C29H28F2N6O2. The van der Waals surface area contributed by atoms with E-state index in [1.54, 1.807) is 19.2 Å². The maximum atomic E-state index is 14.2. The number of nitrogens with zero attached hydrogens (tertiary/aromatic N) is 6. The third kappa shape index (κ3) is 5.04. The normalized spacial score (nSPS) is 14.1. The van der Waals surface area contributed by atoms with Crippen LogP contribution in [0, 0.1) is 28.9 Å². The monoisotopic (exact) mass is 530 g/mol. The van der Waals surface area contributed by atoms with Gasteiger partial charge in [-0.25, -0.2) is 28.2 Å². The van der Waals surface area contributed by atoms with Crippen molar-refractivity contribution in [2.24, 2.45) is 5.92 Å². The Morgan fingerprint density at radius 3 is 2.54 bits per heavy atom. The van der Waals surface area contributed by atoms with Crippen molar-refractivity contribution in [3.63, 3.8) is 0 Å². The molecule has 0 saturated carbocycles. The van der Waals surface area contributed by atoms with Crippen LogP contribution in [0.2, 0.25) is 0 Å². The first-order chi connectivity index (χ1) is 18.8. The highest BCUT2D eigenvalue weighted by Gasteiger charge is 2.25. The van der Waals surface area contributed by atoms with Crippen LogP contribution in [0.1, 0.15) is 55.7 Å². The summed E-state index contributed by atoms with van der Waals surface area (Å²) in [6.45, 7) is 7.36. The zero-order chi connectivity index (χ0) is 27.7. The summed E-state index contributed by atoms with van der Waals surface area (Å²) in [5.41, 5.74) is 2.79. The van der Waals surface area contributed by atoms with E-state index in [2.05, 4.69) is 16.0 Å². The molecule has 10 heteroatoms. The first kappa shape index (κ1) is 26.2. The fourth-order valence-corrected chi connectivity index (χ4v) is 4.85. The lowest BCUT2D eigenvalue weighted by Crippen LogP contribution is -2.33. The molecule has 39 heavy (non-hydrogen) atoms. The molecule has 3 aromatic heterocycles. The maximum Gasteiger partial charge on any atom is 0.357 e. The van der Waals surface area contributed by atoms with Crippen LogP contribution < -0.4 is 4.90 Å². The topological polar surface area (TPSA) is 96.9 Å². The van der Waals surface area contributed by atoms with Crippen molar-refractivity contribution < 1.29 is 18.3 Å². The van der Waals surface area contributed by atoms with Crippen molar-refractivity contribution >= 4 is 22.8 Å². The molecule has 1 saturated heterocycles. The van der Waals surface area contributed by atoms with Crippen molar-refractivity contribution in [3.05, 3.63) is 65.6 Å². The Hall–Kier alpha value is -4.39. The minimum Gasteiger partial charge on any atom is -0.461 e. The zero-order valence-electron chi connectivity index (χ0n) is 22.0. The molecule has 0 amide bonds. The Morgan fingerprint density at radius 1 is 1.15 bits per heavy atom. The number of ether oxygens (including phenoxy) is 1. The van der Waals surface area contributed by atoms with Gasteiger partial charge in [-0.1, -0.05) is 13.8 Å². The first-order valence-electron chi connectivity index (χ1n) is 13.0. The number of carbonyl (C=O) groups excluding carboxylic acids is 1. The highest BCUT2D eigenvalue weighted by molar-refractivity contribution is 6.00. The summed E-state index contributed by atoms with van der Waals surface area (Å²) >= 11 is 0. The second kappa shape index (κ2) is 10.8. The molecule has 1 aliphatic heterocycles. The van der Waals surface area contributed by atoms with Gasteiger partial charge in [-0.15, -0.1) is 0 Å². The summed E-state index contributed by atoms with van der Waals surface area (Å²) in [4.78, 5) is 24.2. The molecule has 0 radical (unpaired) electrons. The lowest BCUT2D eigenvalue weighted by molar-refractivity contribution is 0.0520. The number of nitriles is 1. The summed E-state index contributed by atoms with van der Waals surface area (Å²) in [7, 11) is 0. The summed E-state index contributed by atoms with van der Waals surface area (Å²) < 4.78 is 34.5. The molecule has 4 heterocycles. The van der Waals surface area contributed by atoms with E-state index in [4.69, 9.17) is 14.8 Å². The Morgan fingerprint density at radius 2 is 1.92 bits per heavy atom. The molecule has 200 valence electrons. The van der Waals surface area contributed by atoms with Crippen molar-refractivity contribution in [2.75, 3.05) is 24.6 Å². The van der Waals surface area contributed by atoms with E-state index in [0.717, 1.165) is 49.4 Å².